The summed E-state index contributed by atoms with van der Waals surface area (Å²) in [6.07, 6.45) is 5.30. The summed E-state index contributed by atoms with van der Waals surface area (Å²) in [6, 6.07) is 13.5. The largest absolute Gasteiger partial charge is 0.497 e. The molecular weight excluding hydrogens is 358 g/mol. The van der Waals surface area contributed by atoms with Crippen LogP contribution in [-0.4, -0.2) is 22.6 Å². The highest BCUT2D eigenvalue weighted by Gasteiger charge is 2.13. The average Bonchev–Trinajstić information content (AvgIpc) is 3.20. The van der Waals surface area contributed by atoms with E-state index in [1.165, 1.54) is 13.2 Å². The molecule has 0 bridgehead atoms. The van der Waals surface area contributed by atoms with Crippen LogP contribution in [0.15, 0.2) is 76.5 Å². The third-order valence-electron chi connectivity index (χ3n) is 4.27. The second-order valence-corrected chi connectivity index (χ2v) is 6.23. The van der Waals surface area contributed by atoms with Crippen molar-refractivity contribution in [3.8, 4) is 5.75 Å². The highest BCUT2D eigenvalue weighted by Crippen LogP contribution is 2.20. The third kappa shape index (κ3) is 3.64. The molecule has 140 valence electrons. The first-order valence-corrected chi connectivity index (χ1v) is 8.60. The van der Waals surface area contributed by atoms with Gasteiger partial charge in [0.05, 0.1) is 18.8 Å². The second-order valence-electron chi connectivity index (χ2n) is 6.23. The first-order chi connectivity index (χ1) is 13.6. The molecule has 0 radical (unpaired) electrons. The maximum Gasteiger partial charge on any atom is 0.291 e. The number of methoxy groups -OCH3 is 1. The van der Waals surface area contributed by atoms with Crippen LogP contribution in [0, 0.1) is 0 Å². The average molecular weight is 375 g/mol. The van der Waals surface area contributed by atoms with Crippen molar-refractivity contribution in [2.24, 2.45) is 0 Å². The minimum absolute atomic E-state index is 0.0641. The Morgan fingerprint density at radius 3 is 2.89 bits per heavy atom. The van der Waals surface area contributed by atoms with E-state index in [2.05, 4.69) is 10.3 Å². The van der Waals surface area contributed by atoms with Crippen LogP contribution in [-0.2, 0) is 6.54 Å². The number of hydrogen-bond donors (Lipinski definition) is 1. The molecule has 4 rings (SSSR count). The number of hydrogen-bond acceptors (Lipinski definition) is 5. The molecule has 1 amide bonds. The van der Waals surface area contributed by atoms with E-state index in [4.69, 9.17) is 9.15 Å². The SMILES string of the molecule is COc1ccc2c(=O)cc(C(=O)Nc3cccc(Cn4ccnc4)c3)oc2c1. The van der Waals surface area contributed by atoms with Gasteiger partial charge in [0.15, 0.2) is 11.2 Å². The number of ether oxygens (including phenoxy) is 1. The summed E-state index contributed by atoms with van der Waals surface area (Å²) < 4.78 is 12.7. The molecule has 2 heterocycles. The van der Waals surface area contributed by atoms with E-state index in [-0.39, 0.29) is 11.2 Å². The van der Waals surface area contributed by atoms with E-state index in [0.29, 0.717) is 29.0 Å². The molecule has 0 aliphatic rings. The van der Waals surface area contributed by atoms with E-state index < -0.39 is 5.91 Å². The number of benzene rings is 2. The predicted molar refractivity (Wildman–Crippen MR) is 105 cm³/mol. The van der Waals surface area contributed by atoms with Gasteiger partial charge in [-0.2, -0.15) is 0 Å². The van der Waals surface area contributed by atoms with Crippen molar-refractivity contribution in [2.45, 2.75) is 6.54 Å². The zero-order chi connectivity index (χ0) is 19.5. The summed E-state index contributed by atoms with van der Waals surface area (Å²) >= 11 is 0. The van der Waals surface area contributed by atoms with Gasteiger partial charge in [0.25, 0.3) is 5.91 Å². The number of fused-ring (bicyclic) bond motifs is 1. The molecule has 4 aromatic rings. The number of anilines is 1. The van der Waals surface area contributed by atoms with Crippen LogP contribution in [0.3, 0.4) is 0 Å². The number of nitrogens with zero attached hydrogens (tertiary/aromatic N) is 2. The Balaban J connectivity index is 1.59. The van der Waals surface area contributed by atoms with E-state index in [9.17, 15) is 9.59 Å². The molecule has 0 saturated heterocycles. The maximum atomic E-state index is 12.6. The number of imidazole rings is 1. The molecule has 0 fully saturated rings. The molecule has 0 spiro atoms. The van der Waals surface area contributed by atoms with Crippen molar-refractivity contribution in [1.82, 2.24) is 9.55 Å². The molecular formula is C21H17N3O4. The lowest BCUT2D eigenvalue weighted by Crippen LogP contribution is -2.15. The molecule has 0 saturated carbocycles. The van der Waals surface area contributed by atoms with Crippen LogP contribution in [0.1, 0.15) is 16.1 Å². The lowest BCUT2D eigenvalue weighted by molar-refractivity contribution is 0.0997. The van der Waals surface area contributed by atoms with Crippen LogP contribution in [0.2, 0.25) is 0 Å². The first-order valence-electron chi connectivity index (χ1n) is 8.60. The van der Waals surface area contributed by atoms with Crippen molar-refractivity contribution in [3.63, 3.8) is 0 Å². The maximum absolute atomic E-state index is 12.6. The van der Waals surface area contributed by atoms with Gasteiger partial charge in [-0.1, -0.05) is 12.1 Å². The van der Waals surface area contributed by atoms with Gasteiger partial charge in [-0.25, -0.2) is 4.98 Å². The van der Waals surface area contributed by atoms with Crippen molar-refractivity contribution in [1.29, 1.82) is 0 Å². The van der Waals surface area contributed by atoms with E-state index in [0.717, 1.165) is 5.56 Å². The molecule has 2 aromatic heterocycles. The Morgan fingerprint density at radius 2 is 2.11 bits per heavy atom. The van der Waals surface area contributed by atoms with Gasteiger partial charge in [0.2, 0.25) is 0 Å². The van der Waals surface area contributed by atoms with Crippen LogP contribution in [0.25, 0.3) is 11.0 Å². The summed E-state index contributed by atoms with van der Waals surface area (Å²) in [4.78, 5) is 28.9. The van der Waals surface area contributed by atoms with Crippen molar-refractivity contribution >= 4 is 22.6 Å². The number of carbonyl (C=O) groups excluding carboxylic acids is 1. The van der Waals surface area contributed by atoms with Gasteiger partial charge in [-0.3, -0.25) is 9.59 Å². The highest BCUT2D eigenvalue weighted by atomic mass is 16.5. The smallest absolute Gasteiger partial charge is 0.291 e. The van der Waals surface area contributed by atoms with Crippen molar-refractivity contribution in [3.05, 3.63) is 88.8 Å². The van der Waals surface area contributed by atoms with Gasteiger partial charge in [-0.05, 0) is 29.8 Å². The summed E-state index contributed by atoms with van der Waals surface area (Å²) in [5.74, 6) is -0.0206. The topological polar surface area (TPSA) is 86.4 Å². The van der Waals surface area contributed by atoms with Gasteiger partial charge < -0.3 is 19.0 Å². The summed E-state index contributed by atoms with van der Waals surface area (Å²) in [6.45, 7) is 0.633. The zero-order valence-electron chi connectivity index (χ0n) is 15.1. The monoisotopic (exact) mass is 375 g/mol. The lowest BCUT2D eigenvalue weighted by atomic mass is 10.2. The molecule has 7 nitrogen and oxygen atoms in total. The normalized spacial score (nSPS) is 10.8. The van der Waals surface area contributed by atoms with Crippen molar-refractivity contribution < 1.29 is 13.9 Å². The summed E-state index contributed by atoms with van der Waals surface area (Å²) in [5, 5.41) is 3.16. The standard InChI is InChI=1S/C21H17N3O4/c1-27-16-5-6-17-18(25)11-20(28-19(17)10-16)21(26)23-15-4-2-3-14(9-15)12-24-8-7-22-13-24/h2-11,13H,12H2,1H3,(H,23,26). The Hall–Kier alpha value is -3.87. The number of aromatic nitrogens is 2. The fourth-order valence-corrected chi connectivity index (χ4v) is 2.91. The molecule has 28 heavy (non-hydrogen) atoms. The molecule has 0 aliphatic carbocycles. The fourth-order valence-electron chi connectivity index (χ4n) is 2.91. The van der Waals surface area contributed by atoms with Gasteiger partial charge in [0.1, 0.15) is 11.3 Å². The zero-order valence-corrected chi connectivity index (χ0v) is 15.1. The minimum atomic E-state index is -0.499. The van der Waals surface area contributed by atoms with E-state index >= 15 is 0 Å². The fraction of sp³-hybridized carbons (Fsp3) is 0.0952. The number of carbonyl (C=O) groups is 1. The number of amides is 1. The molecule has 1 N–H and O–H groups in total. The Kier molecular flexibility index (Phi) is 4.63. The summed E-state index contributed by atoms with van der Waals surface area (Å²) in [7, 11) is 1.52. The molecule has 0 aliphatic heterocycles. The Morgan fingerprint density at radius 1 is 1.21 bits per heavy atom. The second kappa shape index (κ2) is 7.40. The lowest BCUT2D eigenvalue weighted by Gasteiger charge is -2.08. The molecule has 2 aromatic carbocycles. The molecule has 0 atom stereocenters. The molecule has 7 heteroatoms. The van der Waals surface area contributed by atoms with Gasteiger partial charge in [-0.15, -0.1) is 0 Å². The van der Waals surface area contributed by atoms with Crippen molar-refractivity contribution in [2.75, 3.05) is 12.4 Å². The van der Waals surface area contributed by atoms with Gasteiger partial charge >= 0.3 is 0 Å². The van der Waals surface area contributed by atoms with Crippen LogP contribution >= 0.6 is 0 Å². The molecule has 0 unspecified atom stereocenters. The number of rotatable bonds is 5. The van der Waals surface area contributed by atoms with E-state index in [1.54, 1.807) is 36.8 Å². The highest BCUT2D eigenvalue weighted by molar-refractivity contribution is 6.03. The van der Waals surface area contributed by atoms with Crippen LogP contribution < -0.4 is 15.5 Å². The Bertz CT molecular complexity index is 1200. The predicted octanol–water partition coefficient (Wildman–Crippen LogP) is 3.30. The van der Waals surface area contributed by atoms with E-state index in [1.807, 2.05) is 29.0 Å². The van der Waals surface area contributed by atoms with Gasteiger partial charge in [0, 0.05) is 36.8 Å². The Labute approximate surface area is 160 Å². The minimum Gasteiger partial charge on any atom is -0.497 e. The quantitative estimate of drug-likeness (QED) is 0.578. The summed E-state index contributed by atoms with van der Waals surface area (Å²) in [5.41, 5.74) is 1.62. The van der Waals surface area contributed by atoms with Crippen LogP contribution in [0.4, 0.5) is 5.69 Å². The third-order valence-corrected chi connectivity index (χ3v) is 4.27. The van der Waals surface area contributed by atoms with Crippen LogP contribution in [0.5, 0.6) is 5.75 Å². The number of nitrogens with one attached hydrogen (secondary N) is 1. The first kappa shape index (κ1) is 17.5.